The average Bonchev–Trinajstić information content (AvgIpc) is 2.29. The monoisotopic (exact) mass is 247 g/mol. The fraction of sp³-hybridized carbons (Fsp3) is 0.231. The summed E-state index contributed by atoms with van der Waals surface area (Å²) in [6.45, 7) is 4.12. The summed E-state index contributed by atoms with van der Waals surface area (Å²) < 4.78 is 0. The van der Waals surface area contributed by atoms with Crippen molar-refractivity contribution in [1.82, 2.24) is 9.97 Å². The highest BCUT2D eigenvalue weighted by Gasteiger charge is 2.12. The standard InChI is InChI=1S/C13H14ClN3/c1-9(2)17-13-11(12(14)15-8-16-13)10-6-4-3-5-7-10/h3-9H,1-2H3,(H,15,16,17). The molecular weight excluding hydrogens is 234 g/mol. The molecule has 3 nitrogen and oxygen atoms in total. The Kier molecular flexibility index (Phi) is 3.59. The van der Waals surface area contributed by atoms with Gasteiger partial charge in [0.05, 0.1) is 5.56 Å². The van der Waals surface area contributed by atoms with Gasteiger partial charge in [0.15, 0.2) is 0 Å². The van der Waals surface area contributed by atoms with Crippen LogP contribution in [0.3, 0.4) is 0 Å². The molecular formula is C13H14ClN3. The van der Waals surface area contributed by atoms with Crippen molar-refractivity contribution in [2.75, 3.05) is 5.32 Å². The minimum atomic E-state index is 0.295. The van der Waals surface area contributed by atoms with E-state index >= 15 is 0 Å². The molecule has 1 aromatic heterocycles. The van der Waals surface area contributed by atoms with E-state index in [2.05, 4.69) is 29.1 Å². The number of anilines is 1. The molecule has 0 saturated carbocycles. The van der Waals surface area contributed by atoms with Crippen LogP contribution in [0.5, 0.6) is 0 Å². The molecule has 0 amide bonds. The van der Waals surface area contributed by atoms with Gasteiger partial charge in [-0.3, -0.25) is 0 Å². The molecule has 0 spiro atoms. The summed E-state index contributed by atoms with van der Waals surface area (Å²) in [5.74, 6) is 0.770. The third kappa shape index (κ3) is 2.74. The lowest BCUT2D eigenvalue weighted by Gasteiger charge is -2.14. The minimum Gasteiger partial charge on any atom is -0.367 e. The van der Waals surface area contributed by atoms with Gasteiger partial charge in [-0.1, -0.05) is 41.9 Å². The van der Waals surface area contributed by atoms with E-state index in [9.17, 15) is 0 Å². The SMILES string of the molecule is CC(C)Nc1ncnc(Cl)c1-c1ccccc1. The third-order valence-corrected chi connectivity index (χ3v) is 2.58. The fourth-order valence-electron chi connectivity index (χ4n) is 1.61. The summed E-state index contributed by atoms with van der Waals surface area (Å²) in [6, 6.07) is 10.2. The van der Waals surface area contributed by atoms with Gasteiger partial charge in [0, 0.05) is 6.04 Å². The average molecular weight is 248 g/mol. The maximum atomic E-state index is 6.16. The summed E-state index contributed by atoms with van der Waals surface area (Å²) in [5, 5.41) is 3.74. The van der Waals surface area contributed by atoms with Crippen molar-refractivity contribution in [2.24, 2.45) is 0 Å². The Labute approximate surface area is 106 Å². The highest BCUT2D eigenvalue weighted by atomic mass is 35.5. The predicted molar refractivity (Wildman–Crippen MR) is 71.2 cm³/mol. The quantitative estimate of drug-likeness (QED) is 0.842. The lowest BCUT2D eigenvalue weighted by atomic mass is 10.1. The zero-order valence-electron chi connectivity index (χ0n) is 9.81. The molecule has 0 aliphatic carbocycles. The van der Waals surface area contributed by atoms with Gasteiger partial charge in [-0.2, -0.15) is 0 Å². The molecule has 0 fully saturated rings. The number of nitrogens with zero attached hydrogens (tertiary/aromatic N) is 2. The first-order valence-electron chi connectivity index (χ1n) is 5.51. The van der Waals surface area contributed by atoms with Crippen LogP contribution < -0.4 is 5.32 Å². The molecule has 0 radical (unpaired) electrons. The second-order valence-electron chi connectivity index (χ2n) is 4.05. The molecule has 0 aliphatic rings. The van der Waals surface area contributed by atoms with E-state index in [1.54, 1.807) is 0 Å². The summed E-state index contributed by atoms with van der Waals surface area (Å²) in [5.41, 5.74) is 1.87. The van der Waals surface area contributed by atoms with Crippen LogP contribution in [0.15, 0.2) is 36.7 Å². The van der Waals surface area contributed by atoms with Crippen LogP contribution in [-0.2, 0) is 0 Å². The molecule has 2 aromatic rings. The Morgan fingerprint density at radius 3 is 2.47 bits per heavy atom. The topological polar surface area (TPSA) is 37.8 Å². The van der Waals surface area contributed by atoms with E-state index in [0.29, 0.717) is 11.2 Å². The smallest absolute Gasteiger partial charge is 0.142 e. The molecule has 4 heteroatoms. The predicted octanol–water partition coefficient (Wildman–Crippen LogP) is 3.62. The van der Waals surface area contributed by atoms with Gasteiger partial charge >= 0.3 is 0 Å². The molecule has 0 aliphatic heterocycles. The number of halogens is 1. The molecule has 0 bridgehead atoms. The van der Waals surface area contributed by atoms with E-state index in [-0.39, 0.29) is 0 Å². The highest BCUT2D eigenvalue weighted by Crippen LogP contribution is 2.31. The minimum absolute atomic E-state index is 0.295. The number of nitrogens with one attached hydrogen (secondary N) is 1. The number of hydrogen-bond acceptors (Lipinski definition) is 3. The largest absolute Gasteiger partial charge is 0.367 e. The van der Waals surface area contributed by atoms with Crippen LogP contribution in [0, 0.1) is 0 Å². The van der Waals surface area contributed by atoms with Crippen molar-refractivity contribution in [3.63, 3.8) is 0 Å². The van der Waals surface area contributed by atoms with Gasteiger partial charge in [-0.25, -0.2) is 9.97 Å². The van der Waals surface area contributed by atoms with Crippen LogP contribution >= 0.6 is 11.6 Å². The van der Waals surface area contributed by atoms with E-state index in [0.717, 1.165) is 16.9 Å². The van der Waals surface area contributed by atoms with E-state index in [4.69, 9.17) is 11.6 Å². The molecule has 1 aromatic carbocycles. The van der Waals surface area contributed by atoms with E-state index < -0.39 is 0 Å². The summed E-state index contributed by atoms with van der Waals surface area (Å²) in [6.07, 6.45) is 1.47. The Morgan fingerprint density at radius 2 is 1.82 bits per heavy atom. The first kappa shape index (κ1) is 11.9. The molecule has 0 atom stereocenters. The second-order valence-corrected chi connectivity index (χ2v) is 4.41. The molecule has 88 valence electrons. The maximum absolute atomic E-state index is 6.16. The third-order valence-electron chi connectivity index (χ3n) is 2.29. The van der Waals surface area contributed by atoms with Gasteiger partial charge in [0.2, 0.25) is 0 Å². The number of rotatable bonds is 3. The van der Waals surface area contributed by atoms with Gasteiger partial charge < -0.3 is 5.32 Å². The van der Waals surface area contributed by atoms with Crippen LogP contribution in [0.2, 0.25) is 5.15 Å². The lowest BCUT2D eigenvalue weighted by molar-refractivity contribution is 0.887. The number of benzene rings is 1. The first-order chi connectivity index (χ1) is 8.18. The van der Waals surface area contributed by atoms with E-state index in [1.165, 1.54) is 6.33 Å². The van der Waals surface area contributed by atoms with Crippen LogP contribution in [0.4, 0.5) is 5.82 Å². The molecule has 2 rings (SSSR count). The zero-order chi connectivity index (χ0) is 12.3. The maximum Gasteiger partial charge on any atom is 0.142 e. The van der Waals surface area contributed by atoms with Gasteiger partial charge in [0.25, 0.3) is 0 Å². The molecule has 0 unspecified atom stereocenters. The highest BCUT2D eigenvalue weighted by molar-refractivity contribution is 6.32. The Hall–Kier alpha value is -1.61. The van der Waals surface area contributed by atoms with E-state index in [1.807, 2.05) is 30.3 Å². The van der Waals surface area contributed by atoms with Crippen molar-refractivity contribution in [3.8, 4) is 11.1 Å². The van der Waals surface area contributed by atoms with Gasteiger partial charge in [0.1, 0.15) is 17.3 Å². The summed E-state index contributed by atoms with van der Waals surface area (Å²) >= 11 is 6.16. The van der Waals surface area contributed by atoms with Crippen molar-refractivity contribution < 1.29 is 0 Å². The number of aromatic nitrogens is 2. The molecule has 1 N–H and O–H groups in total. The Morgan fingerprint density at radius 1 is 1.12 bits per heavy atom. The number of hydrogen-bond donors (Lipinski definition) is 1. The second kappa shape index (κ2) is 5.15. The van der Waals surface area contributed by atoms with Crippen molar-refractivity contribution >= 4 is 17.4 Å². The Bertz CT molecular complexity index is 497. The normalized spacial score (nSPS) is 10.6. The zero-order valence-corrected chi connectivity index (χ0v) is 10.6. The first-order valence-corrected chi connectivity index (χ1v) is 5.88. The van der Waals surface area contributed by atoms with Gasteiger partial charge in [-0.05, 0) is 19.4 Å². The molecule has 17 heavy (non-hydrogen) atoms. The Balaban J connectivity index is 2.51. The van der Waals surface area contributed by atoms with Crippen LogP contribution in [0.1, 0.15) is 13.8 Å². The van der Waals surface area contributed by atoms with Crippen LogP contribution in [-0.4, -0.2) is 16.0 Å². The van der Waals surface area contributed by atoms with Crippen molar-refractivity contribution in [2.45, 2.75) is 19.9 Å². The van der Waals surface area contributed by atoms with Crippen LogP contribution in [0.25, 0.3) is 11.1 Å². The molecule has 0 saturated heterocycles. The van der Waals surface area contributed by atoms with Crippen molar-refractivity contribution in [3.05, 3.63) is 41.8 Å². The molecule has 1 heterocycles. The summed E-state index contributed by atoms with van der Waals surface area (Å²) in [4.78, 5) is 8.29. The van der Waals surface area contributed by atoms with Gasteiger partial charge in [-0.15, -0.1) is 0 Å². The van der Waals surface area contributed by atoms with Crippen molar-refractivity contribution in [1.29, 1.82) is 0 Å². The summed E-state index contributed by atoms with van der Waals surface area (Å²) in [7, 11) is 0. The lowest BCUT2D eigenvalue weighted by Crippen LogP contribution is -2.12. The fourth-order valence-corrected chi connectivity index (χ4v) is 1.85.